The van der Waals surface area contributed by atoms with Crippen LogP contribution in [0.25, 0.3) is 0 Å². The number of hydrogen-bond acceptors (Lipinski definition) is 3. The Bertz CT molecular complexity index is 535. The number of methoxy groups -OCH3 is 1. The fourth-order valence-corrected chi connectivity index (χ4v) is 6.28. The van der Waals surface area contributed by atoms with Crippen molar-refractivity contribution in [2.75, 3.05) is 7.11 Å². The number of ether oxygens (including phenoxy) is 1. The minimum absolute atomic E-state index is 0.00940. The summed E-state index contributed by atoms with van der Waals surface area (Å²) in [6.07, 6.45) is 10.3. The fraction of sp³-hybridized carbons (Fsp3) is 0.857. The maximum atomic E-state index is 13.0. The molecule has 0 aromatic heterocycles. The van der Waals surface area contributed by atoms with Crippen LogP contribution in [0.15, 0.2) is 12.2 Å². The van der Waals surface area contributed by atoms with Gasteiger partial charge in [0.2, 0.25) is 0 Å². The summed E-state index contributed by atoms with van der Waals surface area (Å²) in [5.74, 6) is 1.63. The zero-order chi connectivity index (χ0) is 17.8. The average Bonchev–Trinajstić information content (AvgIpc) is 2.86. The van der Waals surface area contributed by atoms with Crippen LogP contribution in [0.3, 0.4) is 0 Å². The summed E-state index contributed by atoms with van der Waals surface area (Å²) in [5, 5.41) is 10.5. The minimum Gasteiger partial charge on any atom is -0.469 e. The predicted octanol–water partition coefficient (Wildman–Crippen LogP) is 4.35. The van der Waals surface area contributed by atoms with Gasteiger partial charge in [0.05, 0.1) is 18.1 Å². The SMILES string of the molecule is COC(=O)[C@]12CC[C@@]3(C)CC[C@@](C)(O)C=C[C@H]3[C@@H]1CC[C@@H]2C(C)C. The maximum absolute atomic E-state index is 13.0. The van der Waals surface area contributed by atoms with Gasteiger partial charge in [-0.3, -0.25) is 4.79 Å². The molecule has 2 saturated carbocycles. The van der Waals surface area contributed by atoms with E-state index in [1.54, 1.807) is 7.11 Å². The molecule has 0 amide bonds. The molecule has 0 saturated heterocycles. The Hall–Kier alpha value is -0.830. The molecule has 3 heteroatoms. The van der Waals surface area contributed by atoms with E-state index in [0.717, 1.165) is 38.5 Å². The molecule has 0 aromatic carbocycles. The van der Waals surface area contributed by atoms with Gasteiger partial charge in [0.25, 0.3) is 0 Å². The molecule has 0 aromatic rings. The van der Waals surface area contributed by atoms with Crippen LogP contribution >= 0.6 is 0 Å². The van der Waals surface area contributed by atoms with Gasteiger partial charge in [0.15, 0.2) is 0 Å². The molecule has 6 atom stereocenters. The molecule has 0 heterocycles. The normalized spacial score (nSPS) is 47.9. The van der Waals surface area contributed by atoms with Crippen LogP contribution < -0.4 is 0 Å². The number of aliphatic hydroxyl groups is 1. The van der Waals surface area contributed by atoms with E-state index in [1.165, 1.54) is 0 Å². The quantitative estimate of drug-likeness (QED) is 0.603. The highest BCUT2D eigenvalue weighted by Gasteiger charge is 2.63. The summed E-state index contributed by atoms with van der Waals surface area (Å²) >= 11 is 0. The first kappa shape index (κ1) is 18.0. The molecule has 0 bridgehead atoms. The highest BCUT2D eigenvalue weighted by Crippen LogP contribution is 2.66. The van der Waals surface area contributed by atoms with E-state index in [0.29, 0.717) is 23.7 Å². The van der Waals surface area contributed by atoms with Crippen LogP contribution in [0.5, 0.6) is 0 Å². The summed E-state index contributed by atoms with van der Waals surface area (Å²) in [6, 6.07) is 0. The number of allylic oxidation sites excluding steroid dienone is 1. The average molecular weight is 335 g/mol. The van der Waals surface area contributed by atoms with Crippen molar-refractivity contribution >= 4 is 5.97 Å². The molecular weight excluding hydrogens is 300 g/mol. The number of carbonyl (C=O) groups excluding carboxylic acids is 1. The largest absolute Gasteiger partial charge is 0.469 e. The fourth-order valence-electron chi connectivity index (χ4n) is 6.28. The lowest BCUT2D eigenvalue weighted by atomic mass is 9.50. The van der Waals surface area contributed by atoms with Gasteiger partial charge in [-0.25, -0.2) is 0 Å². The number of esters is 1. The maximum Gasteiger partial charge on any atom is 0.312 e. The summed E-state index contributed by atoms with van der Waals surface area (Å²) in [4.78, 5) is 13.0. The standard InChI is InChI=1S/C21H34O3/c1-14(2)15-6-7-17-16-8-9-20(4,23)12-10-19(16,3)11-13-21(15,17)18(22)24-5/h8-9,14-17,23H,6-7,10-13H2,1-5H3/t15-,16+,17+,19-,20+,21+/m1/s1. The molecule has 1 N–H and O–H groups in total. The van der Waals surface area contributed by atoms with E-state index in [9.17, 15) is 9.90 Å². The van der Waals surface area contributed by atoms with Gasteiger partial charge in [-0.15, -0.1) is 0 Å². The Labute approximate surface area is 146 Å². The molecule has 3 nitrogen and oxygen atoms in total. The van der Waals surface area contributed by atoms with Gasteiger partial charge in [0, 0.05) is 0 Å². The third-order valence-corrected chi connectivity index (χ3v) is 7.70. The van der Waals surface area contributed by atoms with Crippen molar-refractivity contribution in [3.05, 3.63) is 12.2 Å². The first-order valence-corrected chi connectivity index (χ1v) is 9.66. The molecule has 0 radical (unpaired) electrons. The van der Waals surface area contributed by atoms with Crippen molar-refractivity contribution in [2.24, 2.45) is 34.5 Å². The van der Waals surface area contributed by atoms with E-state index < -0.39 is 5.60 Å². The van der Waals surface area contributed by atoms with Crippen molar-refractivity contribution in [3.63, 3.8) is 0 Å². The van der Waals surface area contributed by atoms with E-state index in [1.807, 2.05) is 13.0 Å². The lowest BCUT2D eigenvalue weighted by molar-refractivity contribution is -0.168. The van der Waals surface area contributed by atoms with Crippen molar-refractivity contribution in [3.8, 4) is 0 Å². The Balaban J connectivity index is 2.05. The Morgan fingerprint density at radius 3 is 2.46 bits per heavy atom. The summed E-state index contributed by atoms with van der Waals surface area (Å²) in [6.45, 7) is 8.77. The van der Waals surface area contributed by atoms with E-state index in [4.69, 9.17) is 4.74 Å². The molecule has 0 spiro atoms. The van der Waals surface area contributed by atoms with E-state index in [2.05, 4.69) is 26.8 Å². The van der Waals surface area contributed by atoms with Gasteiger partial charge < -0.3 is 9.84 Å². The first-order chi connectivity index (χ1) is 11.2. The Morgan fingerprint density at radius 1 is 1.17 bits per heavy atom. The van der Waals surface area contributed by atoms with Gasteiger partial charge in [-0.1, -0.05) is 32.9 Å². The molecule has 0 aliphatic heterocycles. The number of hydrogen-bond donors (Lipinski definition) is 1. The topological polar surface area (TPSA) is 46.5 Å². The molecule has 136 valence electrons. The van der Waals surface area contributed by atoms with Gasteiger partial charge in [-0.05, 0) is 74.5 Å². The number of rotatable bonds is 2. The molecule has 3 aliphatic carbocycles. The van der Waals surface area contributed by atoms with Crippen LogP contribution in [0.2, 0.25) is 0 Å². The molecule has 3 aliphatic rings. The molecule has 0 unspecified atom stereocenters. The van der Waals surface area contributed by atoms with Crippen LogP contribution in [0.4, 0.5) is 0 Å². The second-order valence-corrected chi connectivity index (χ2v) is 9.46. The van der Waals surface area contributed by atoms with Crippen LogP contribution in [0.1, 0.15) is 66.2 Å². The lowest BCUT2D eigenvalue weighted by Crippen LogP contribution is -2.52. The second kappa shape index (κ2) is 5.86. The van der Waals surface area contributed by atoms with E-state index >= 15 is 0 Å². The van der Waals surface area contributed by atoms with Crippen molar-refractivity contribution in [1.29, 1.82) is 0 Å². The van der Waals surface area contributed by atoms with Gasteiger partial charge in [-0.2, -0.15) is 0 Å². The number of fused-ring (bicyclic) bond motifs is 3. The highest BCUT2D eigenvalue weighted by molar-refractivity contribution is 5.78. The van der Waals surface area contributed by atoms with Crippen molar-refractivity contribution in [2.45, 2.75) is 71.8 Å². The molecule has 3 rings (SSSR count). The third kappa shape index (κ3) is 2.55. The monoisotopic (exact) mass is 334 g/mol. The minimum atomic E-state index is -0.718. The highest BCUT2D eigenvalue weighted by atomic mass is 16.5. The van der Waals surface area contributed by atoms with Crippen LogP contribution in [0, 0.1) is 34.5 Å². The molecule has 24 heavy (non-hydrogen) atoms. The molecular formula is C21H34O3. The second-order valence-electron chi connectivity index (χ2n) is 9.46. The lowest BCUT2D eigenvalue weighted by Gasteiger charge is -2.53. The van der Waals surface area contributed by atoms with E-state index in [-0.39, 0.29) is 16.8 Å². The smallest absolute Gasteiger partial charge is 0.312 e. The summed E-state index contributed by atoms with van der Waals surface area (Å²) in [7, 11) is 1.55. The summed E-state index contributed by atoms with van der Waals surface area (Å²) < 4.78 is 5.35. The Kier molecular flexibility index (Phi) is 4.39. The summed E-state index contributed by atoms with van der Waals surface area (Å²) in [5.41, 5.74) is -0.858. The van der Waals surface area contributed by atoms with Crippen LogP contribution in [-0.4, -0.2) is 23.8 Å². The zero-order valence-corrected chi connectivity index (χ0v) is 16.0. The van der Waals surface area contributed by atoms with Crippen molar-refractivity contribution in [1.82, 2.24) is 0 Å². The number of carbonyl (C=O) groups is 1. The predicted molar refractivity (Wildman–Crippen MR) is 95.3 cm³/mol. The third-order valence-electron chi connectivity index (χ3n) is 7.70. The zero-order valence-electron chi connectivity index (χ0n) is 16.0. The van der Waals surface area contributed by atoms with Crippen LogP contribution in [-0.2, 0) is 9.53 Å². The van der Waals surface area contributed by atoms with Crippen molar-refractivity contribution < 1.29 is 14.6 Å². The molecule has 2 fully saturated rings. The Morgan fingerprint density at radius 2 is 1.83 bits per heavy atom. The first-order valence-electron chi connectivity index (χ1n) is 9.66. The van der Waals surface area contributed by atoms with Gasteiger partial charge >= 0.3 is 5.97 Å². The van der Waals surface area contributed by atoms with Gasteiger partial charge in [0.1, 0.15) is 0 Å².